The molecule has 1 N–H and O–H groups in total. The van der Waals surface area contributed by atoms with E-state index in [9.17, 15) is 5.11 Å². The van der Waals surface area contributed by atoms with Gasteiger partial charge in [0, 0.05) is 11.5 Å². The predicted octanol–water partition coefficient (Wildman–Crippen LogP) is 4.33. The smallest absolute Gasteiger partial charge is 0.119 e. The van der Waals surface area contributed by atoms with Gasteiger partial charge in [0.25, 0.3) is 0 Å². The summed E-state index contributed by atoms with van der Waals surface area (Å²) in [5.41, 5.74) is 3.68. The van der Waals surface area contributed by atoms with Gasteiger partial charge >= 0.3 is 0 Å². The summed E-state index contributed by atoms with van der Waals surface area (Å²) < 4.78 is 0. The van der Waals surface area contributed by atoms with Gasteiger partial charge < -0.3 is 5.11 Å². The Morgan fingerprint density at radius 1 is 1.18 bits per heavy atom. The highest BCUT2D eigenvalue weighted by molar-refractivity contribution is 5.47. The van der Waals surface area contributed by atoms with Crippen molar-refractivity contribution in [3.8, 4) is 5.75 Å². The Kier molecular flexibility index (Phi) is 3.48. The first kappa shape index (κ1) is 11.7. The first-order chi connectivity index (χ1) is 8.26. The molecule has 0 saturated heterocycles. The molecule has 17 heavy (non-hydrogen) atoms. The third-order valence-electron chi connectivity index (χ3n) is 3.32. The van der Waals surface area contributed by atoms with Gasteiger partial charge in [0.15, 0.2) is 0 Å². The normalized spacial score (nSPS) is 24.5. The van der Waals surface area contributed by atoms with E-state index in [1.54, 1.807) is 6.07 Å². The number of hydrogen-bond donors (Lipinski definition) is 1. The molecule has 1 aromatic rings. The summed E-state index contributed by atoms with van der Waals surface area (Å²) in [7, 11) is 0. The van der Waals surface area contributed by atoms with Crippen LogP contribution in [0, 0.1) is 0 Å². The van der Waals surface area contributed by atoms with Crippen molar-refractivity contribution in [2.45, 2.75) is 26.2 Å². The topological polar surface area (TPSA) is 20.2 Å². The Hall–Kier alpha value is -1.76. The second kappa shape index (κ2) is 5.05. The second-order valence-electron chi connectivity index (χ2n) is 4.30. The Balaban J connectivity index is 2.43. The van der Waals surface area contributed by atoms with Gasteiger partial charge in [-0.3, -0.25) is 0 Å². The molecular formula is C16H18O. The number of aromatic hydroxyl groups is 1. The molecule has 2 rings (SSSR count). The van der Waals surface area contributed by atoms with E-state index in [-0.39, 0.29) is 5.92 Å². The van der Waals surface area contributed by atoms with E-state index in [0.717, 1.165) is 12.0 Å². The summed E-state index contributed by atoms with van der Waals surface area (Å²) in [5.74, 6) is 0.593. The van der Waals surface area contributed by atoms with Crippen LogP contribution >= 0.6 is 0 Å². The van der Waals surface area contributed by atoms with Crippen molar-refractivity contribution < 1.29 is 5.11 Å². The number of allylic oxidation sites excluding steroid dienone is 6. The van der Waals surface area contributed by atoms with Gasteiger partial charge in [0.2, 0.25) is 0 Å². The molecule has 1 aliphatic carbocycles. The quantitative estimate of drug-likeness (QED) is 0.707. The molecule has 0 spiro atoms. The van der Waals surface area contributed by atoms with Crippen LogP contribution < -0.4 is 0 Å². The predicted molar refractivity (Wildman–Crippen MR) is 72.1 cm³/mol. The third kappa shape index (κ3) is 2.33. The van der Waals surface area contributed by atoms with E-state index in [0.29, 0.717) is 5.75 Å². The average Bonchev–Trinajstić information content (AvgIpc) is 2.38. The monoisotopic (exact) mass is 226 g/mol. The largest absolute Gasteiger partial charge is 0.508 e. The minimum absolute atomic E-state index is 0.213. The van der Waals surface area contributed by atoms with Crippen LogP contribution in [-0.2, 0) is 0 Å². The average molecular weight is 226 g/mol. The molecule has 88 valence electrons. The Morgan fingerprint density at radius 3 is 2.59 bits per heavy atom. The maximum Gasteiger partial charge on any atom is 0.119 e. The molecule has 0 aliphatic heterocycles. The fourth-order valence-electron chi connectivity index (χ4n) is 2.28. The van der Waals surface area contributed by atoms with Crippen molar-refractivity contribution in [3.63, 3.8) is 0 Å². The van der Waals surface area contributed by atoms with Crippen LogP contribution in [0.3, 0.4) is 0 Å². The van der Waals surface area contributed by atoms with Gasteiger partial charge in [-0.05, 0) is 31.9 Å². The number of rotatable bonds is 1. The number of benzene rings is 1. The zero-order valence-corrected chi connectivity index (χ0v) is 10.4. The molecule has 1 atom stereocenters. The summed E-state index contributed by atoms with van der Waals surface area (Å²) in [6, 6.07) is 7.58. The molecule has 0 bridgehead atoms. The van der Waals surface area contributed by atoms with Gasteiger partial charge in [-0.1, -0.05) is 48.1 Å². The lowest BCUT2D eigenvalue weighted by molar-refractivity contribution is 0.467. The first-order valence-electron chi connectivity index (χ1n) is 6.02. The fourth-order valence-corrected chi connectivity index (χ4v) is 2.28. The molecule has 0 amide bonds. The van der Waals surface area contributed by atoms with Gasteiger partial charge in [-0.25, -0.2) is 0 Å². The zero-order chi connectivity index (χ0) is 12.3. The van der Waals surface area contributed by atoms with Crippen molar-refractivity contribution in [2.24, 2.45) is 0 Å². The summed E-state index contributed by atoms with van der Waals surface area (Å²) >= 11 is 0. The maximum absolute atomic E-state index is 9.92. The summed E-state index contributed by atoms with van der Waals surface area (Å²) in [4.78, 5) is 0. The molecule has 1 aliphatic rings. The zero-order valence-electron chi connectivity index (χ0n) is 10.4. The van der Waals surface area contributed by atoms with E-state index in [4.69, 9.17) is 0 Å². The van der Waals surface area contributed by atoms with Gasteiger partial charge in [0.05, 0.1) is 0 Å². The second-order valence-corrected chi connectivity index (χ2v) is 4.30. The molecule has 1 nitrogen and oxygen atoms in total. The van der Waals surface area contributed by atoms with Crippen LogP contribution in [0.1, 0.15) is 31.7 Å². The van der Waals surface area contributed by atoms with Crippen molar-refractivity contribution in [1.82, 2.24) is 0 Å². The summed E-state index contributed by atoms with van der Waals surface area (Å²) in [6.07, 6.45) is 9.60. The molecule has 1 unspecified atom stereocenters. The van der Waals surface area contributed by atoms with Crippen molar-refractivity contribution in [1.29, 1.82) is 0 Å². The van der Waals surface area contributed by atoms with Crippen LogP contribution in [0.2, 0.25) is 0 Å². The van der Waals surface area contributed by atoms with E-state index >= 15 is 0 Å². The Morgan fingerprint density at radius 2 is 1.94 bits per heavy atom. The molecule has 1 aromatic carbocycles. The van der Waals surface area contributed by atoms with Crippen LogP contribution in [0.15, 0.2) is 59.7 Å². The van der Waals surface area contributed by atoms with E-state index < -0.39 is 0 Å². The van der Waals surface area contributed by atoms with Crippen molar-refractivity contribution in [2.75, 3.05) is 0 Å². The highest BCUT2D eigenvalue weighted by Gasteiger charge is 2.19. The lowest BCUT2D eigenvalue weighted by Gasteiger charge is -2.23. The lowest BCUT2D eigenvalue weighted by Crippen LogP contribution is -2.05. The summed E-state index contributed by atoms with van der Waals surface area (Å²) in [5, 5.41) is 9.92. The third-order valence-corrected chi connectivity index (χ3v) is 3.32. The molecule has 0 aromatic heterocycles. The minimum atomic E-state index is 0.213. The summed E-state index contributed by atoms with van der Waals surface area (Å²) in [6.45, 7) is 4.13. The molecule has 0 saturated carbocycles. The Bertz CT molecular complexity index is 492. The fraction of sp³-hybridized carbons (Fsp3) is 0.250. The Labute approximate surface area is 103 Å². The van der Waals surface area contributed by atoms with E-state index in [1.165, 1.54) is 11.1 Å². The highest BCUT2D eigenvalue weighted by Crippen LogP contribution is 2.38. The van der Waals surface area contributed by atoms with E-state index in [1.807, 2.05) is 18.2 Å². The maximum atomic E-state index is 9.92. The van der Waals surface area contributed by atoms with Crippen molar-refractivity contribution >= 4 is 0 Å². The molecule has 0 fully saturated rings. The number of phenols is 1. The first-order valence-corrected chi connectivity index (χ1v) is 6.02. The molecule has 0 heterocycles. The number of hydrogen-bond acceptors (Lipinski definition) is 1. The van der Waals surface area contributed by atoms with E-state index in [2.05, 4.69) is 38.2 Å². The molecule has 0 radical (unpaired) electrons. The van der Waals surface area contributed by atoms with Crippen LogP contribution in [-0.4, -0.2) is 5.11 Å². The SMILES string of the molecule is CC=C1C=CC(c2ccccc2O)C(=CC)C1. The standard InChI is InChI=1S/C16H18O/c1-3-12-9-10-14(13(4-2)11-12)15-7-5-6-8-16(15)17/h3-10,14,17H,11H2,1-2H3. The van der Waals surface area contributed by atoms with Gasteiger partial charge in [-0.15, -0.1) is 0 Å². The van der Waals surface area contributed by atoms with Gasteiger partial charge in [-0.2, -0.15) is 0 Å². The van der Waals surface area contributed by atoms with Crippen LogP contribution in [0.5, 0.6) is 5.75 Å². The van der Waals surface area contributed by atoms with Crippen LogP contribution in [0.4, 0.5) is 0 Å². The number of phenolic OH excluding ortho intramolecular Hbond substituents is 1. The molecule has 1 heteroatoms. The lowest BCUT2D eigenvalue weighted by atomic mass is 9.82. The van der Waals surface area contributed by atoms with Crippen molar-refractivity contribution in [3.05, 3.63) is 65.3 Å². The molecular weight excluding hydrogens is 208 g/mol. The minimum Gasteiger partial charge on any atom is -0.508 e. The highest BCUT2D eigenvalue weighted by atomic mass is 16.3. The van der Waals surface area contributed by atoms with Gasteiger partial charge in [0.1, 0.15) is 5.75 Å². The van der Waals surface area contributed by atoms with Crippen LogP contribution in [0.25, 0.3) is 0 Å². The number of para-hydroxylation sites is 1.